The number of halogens is 1. The largest absolute Gasteiger partial charge is 0.316 e. The Balaban J connectivity index is 1.67. The molecule has 2 N–H and O–H groups in total. The third-order valence-electron chi connectivity index (χ3n) is 2.76. The molecule has 0 unspecified atom stereocenters. The summed E-state index contributed by atoms with van der Waals surface area (Å²) in [6.07, 6.45) is 4.71. The molecule has 1 saturated heterocycles. The average molecular weight is 297 g/mol. The minimum atomic E-state index is 0.675. The summed E-state index contributed by atoms with van der Waals surface area (Å²) in [5.41, 5.74) is 0.675. The lowest BCUT2D eigenvalue weighted by Gasteiger charge is -2.53. The maximum atomic E-state index is 4.10. The molecule has 0 aromatic heterocycles. The van der Waals surface area contributed by atoms with Gasteiger partial charge in [-0.3, -0.25) is 0 Å². The van der Waals surface area contributed by atoms with Crippen LogP contribution in [0.3, 0.4) is 0 Å². The van der Waals surface area contributed by atoms with Crippen molar-refractivity contribution in [3.8, 4) is 0 Å². The normalized spacial score (nSPS) is 27.1. The predicted molar refractivity (Wildman–Crippen MR) is 61.3 cm³/mol. The molecular formula is C7H12IN3S. The number of rotatable bonds is 3. The van der Waals surface area contributed by atoms with Gasteiger partial charge in [-0.05, 0) is 24.2 Å². The fourth-order valence-electron chi connectivity index (χ4n) is 2.08. The third-order valence-corrected chi connectivity index (χ3v) is 3.53. The van der Waals surface area contributed by atoms with Crippen molar-refractivity contribution < 1.29 is 0 Å². The Morgan fingerprint density at radius 3 is 2.83 bits per heavy atom. The second-order valence-electron chi connectivity index (χ2n) is 3.72. The van der Waals surface area contributed by atoms with Crippen molar-refractivity contribution in [1.29, 1.82) is 0 Å². The van der Waals surface area contributed by atoms with Crippen LogP contribution in [0.2, 0.25) is 0 Å². The topological polar surface area (TPSA) is 36.4 Å². The van der Waals surface area contributed by atoms with E-state index in [1.807, 2.05) is 0 Å². The molecule has 2 aliphatic rings. The fraction of sp³-hybridized carbons (Fsp3) is 0.857. The molecule has 0 bridgehead atoms. The van der Waals surface area contributed by atoms with E-state index in [1.54, 1.807) is 0 Å². The summed E-state index contributed by atoms with van der Waals surface area (Å²) < 4.78 is 0. The van der Waals surface area contributed by atoms with Crippen LogP contribution in [0.4, 0.5) is 0 Å². The molecule has 1 aliphatic carbocycles. The monoisotopic (exact) mass is 297 g/mol. The van der Waals surface area contributed by atoms with Crippen molar-refractivity contribution in [2.45, 2.75) is 12.8 Å². The van der Waals surface area contributed by atoms with Crippen LogP contribution in [0.15, 0.2) is 5.10 Å². The summed E-state index contributed by atoms with van der Waals surface area (Å²) in [6, 6.07) is 0. The van der Waals surface area contributed by atoms with Crippen LogP contribution < -0.4 is 10.1 Å². The van der Waals surface area contributed by atoms with Crippen LogP contribution in [0, 0.1) is 11.3 Å². The lowest BCUT2D eigenvalue weighted by Crippen LogP contribution is -2.60. The SMILES string of the molecule is ISN/N=C/C1CC2(CNC2)C1. The minimum absolute atomic E-state index is 0.675. The Bertz CT molecular complexity index is 185. The molecule has 2 rings (SSSR count). The summed E-state index contributed by atoms with van der Waals surface area (Å²) in [7, 11) is 1.51. The van der Waals surface area contributed by atoms with Crippen molar-refractivity contribution in [2.24, 2.45) is 16.4 Å². The highest BCUT2D eigenvalue weighted by Crippen LogP contribution is 2.47. The quantitative estimate of drug-likeness (QED) is 0.359. The Kier molecular flexibility index (Phi) is 2.81. The lowest BCUT2D eigenvalue weighted by molar-refractivity contribution is 0.0327. The van der Waals surface area contributed by atoms with Crippen molar-refractivity contribution in [1.82, 2.24) is 10.1 Å². The van der Waals surface area contributed by atoms with E-state index in [1.165, 1.54) is 35.1 Å². The van der Waals surface area contributed by atoms with E-state index in [0.717, 1.165) is 5.92 Å². The van der Waals surface area contributed by atoms with Gasteiger partial charge >= 0.3 is 0 Å². The number of hydrazone groups is 1. The van der Waals surface area contributed by atoms with Gasteiger partial charge in [0.25, 0.3) is 0 Å². The van der Waals surface area contributed by atoms with Crippen molar-refractivity contribution in [3.63, 3.8) is 0 Å². The van der Waals surface area contributed by atoms with Crippen LogP contribution >= 0.6 is 30.3 Å². The summed E-state index contributed by atoms with van der Waals surface area (Å²) in [5.74, 6) is 0.725. The molecule has 0 amide bonds. The zero-order valence-corrected chi connectivity index (χ0v) is 9.69. The van der Waals surface area contributed by atoms with E-state index in [9.17, 15) is 0 Å². The average Bonchev–Trinajstić information content (AvgIpc) is 1.90. The fourth-order valence-corrected chi connectivity index (χ4v) is 2.52. The maximum absolute atomic E-state index is 4.10. The Labute approximate surface area is 88.8 Å². The van der Waals surface area contributed by atoms with Gasteiger partial charge in [-0.15, -0.1) is 0 Å². The summed E-state index contributed by atoms with van der Waals surface area (Å²) >= 11 is 2.17. The van der Waals surface area contributed by atoms with Crippen LogP contribution in [0.1, 0.15) is 12.8 Å². The predicted octanol–water partition coefficient (Wildman–Crippen LogP) is 1.56. The molecule has 68 valence electrons. The first-order valence-electron chi connectivity index (χ1n) is 4.11. The Morgan fingerprint density at radius 1 is 1.58 bits per heavy atom. The lowest BCUT2D eigenvalue weighted by atomic mass is 9.59. The Hall–Kier alpha value is 0.510. The molecule has 1 spiro atoms. The standard InChI is InChI=1S/C7H12IN3S/c8-12-11-10-3-6-1-7(2-6)4-9-5-7/h3,6,9,11H,1-2,4-5H2/b10-3+. The second kappa shape index (κ2) is 3.71. The van der Waals surface area contributed by atoms with Crippen LogP contribution in [0.5, 0.6) is 0 Å². The molecule has 0 atom stereocenters. The van der Waals surface area contributed by atoms with E-state index in [0.29, 0.717) is 5.41 Å². The molecule has 3 nitrogen and oxygen atoms in total. The van der Waals surface area contributed by atoms with E-state index in [2.05, 4.69) is 42.7 Å². The number of hydrogen-bond donors (Lipinski definition) is 2. The van der Waals surface area contributed by atoms with Crippen LogP contribution in [0.25, 0.3) is 0 Å². The van der Waals surface area contributed by atoms with Gasteiger partial charge in [0.1, 0.15) is 0 Å². The van der Waals surface area contributed by atoms with Crippen molar-refractivity contribution in [2.75, 3.05) is 13.1 Å². The highest BCUT2D eigenvalue weighted by atomic mass is 127. The molecule has 1 heterocycles. The highest BCUT2D eigenvalue weighted by Gasteiger charge is 2.47. The highest BCUT2D eigenvalue weighted by molar-refractivity contribution is 14.2. The molecule has 12 heavy (non-hydrogen) atoms. The van der Waals surface area contributed by atoms with Gasteiger partial charge < -0.3 is 5.32 Å². The van der Waals surface area contributed by atoms with Gasteiger partial charge in [0.05, 0.1) is 0 Å². The summed E-state index contributed by atoms with van der Waals surface area (Å²) in [6.45, 7) is 2.46. The molecule has 5 heteroatoms. The van der Waals surface area contributed by atoms with E-state index < -0.39 is 0 Å². The first kappa shape index (κ1) is 9.08. The van der Waals surface area contributed by atoms with Gasteiger partial charge in [0.15, 0.2) is 0 Å². The number of hydrogen-bond acceptors (Lipinski definition) is 4. The van der Waals surface area contributed by atoms with Gasteiger partial charge in [-0.2, -0.15) is 5.10 Å². The Morgan fingerprint density at radius 2 is 2.33 bits per heavy atom. The molecule has 1 saturated carbocycles. The summed E-state index contributed by atoms with van der Waals surface area (Å²) in [4.78, 5) is 2.87. The first-order chi connectivity index (χ1) is 5.85. The zero-order chi connectivity index (χ0) is 8.44. The van der Waals surface area contributed by atoms with E-state index in [4.69, 9.17) is 0 Å². The van der Waals surface area contributed by atoms with Crippen molar-refractivity contribution >= 4 is 36.5 Å². The second-order valence-corrected chi connectivity index (χ2v) is 5.38. The smallest absolute Gasteiger partial charge is 0.0396 e. The number of nitrogens with one attached hydrogen (secondary N) is 2. The van der Waals surface area contributed by atoms with Gasteiger partial charge in [0, 0.05) is 49.6 Å². The maximum Gasteiger partial charge on any atom is 0.0396 e. The zero-order valence-electron chi connectivity index (χ0n) is 6.72. The number of nitrogens with zero attached hydrogens (tertiary/aromatic N) is 1. The molecule has 1 aliphatic heterocycles. The minimum Gasteiger partial charge on any atom is -0.316 e. The van der Waals surface area contributed by atoms with Gasteiger partial charge in [0.2, 0.25) is 0 Å². The van der Waals surface area contributed by atoms with Crippen LogP contribution in [-0.4, -0.2) is 19.3 Å². The van der Waals surface area contributed by atoms with Gasteiger partial charge in [-0.25, -0.2) is 4.83 Å². The van der Waals surface area contributed by atoms with Crippen LogP contribution in [-0.2, 0) is 0 Å². The molecule has 0 aromatic rings. The van der Waals surface area contributed by atoms with Gasteiger partial charge in [-0.1, -0.05) is 0 Å². The summed E-state index contributed by atoms with van der Waals surface area (Å²) in [5, 5.41) is 7.42. The van der Waals surface area contributed by atoms with Crippen molar-refractivity contribution in [3.05, 3.63) is 0 Å². The molecular weight excluding hydrogens is 285 g/mol. The van der Waals surface area contributed by atoms with E-state index >= 15 is 0 Å². The molecule has 0 radical (unpaired) electrons. The first-order valence-corrected chi connectivity index (χ1v) is 7.47. The molecule has 0 aromatic carbocycles. The molecule has 2 fully saturated rings. The van der Waals surface area contributed by atoms with E-state index in [-0.39, 0.29) is 0 Å². The third kappa shape index (κ3) is 1.72.